The number of aliphatic hydroxyl groups excluding tert-OH is 2. The topological polar surface area (TPSA) is 52.5 Å². The first kappa shape index (κ1) is 15.7. The van der Waals surface area contributed by atoms with Crippen LogP contribution in [0.15, 0.2) is 60.7 Å². The fraction of sp³-hybridized carbons (Fsp3) is 0.333. The van der Waals surface area contributed by atoms with Crippen molar-refractivity contribution >= 4 is 0 Å². The van der Waals surface area contributed by atoms with Gasteiger partial charge in [-0.2, -0.15) is 0 Å². The van der Waals surface area contributed by atoms with Crippen LogP contribution in [0.2, 0.25) is 0 Å². The Morgan fingerprint density at radius 3 is 1.71 bits per heavy atom. The van der Waals surface area contributed by atoms with Crippen molar-refractivity contribution in [3.63, 3.8) is 0 Å². The van der Waals surface area contributed by atoms with Crippen molar-refractivity contribution < 1.29 is 10.2 Å². The van der Waals surface area contributed by atoms with E-state index in [4.69, 9.17) is 0 Å². The van der Waals surface area contributed by atoms with E-state index in [2.05, 4.69) is 29.6 Å². The van der Waals surface area contributed by atoms with Crippen LogP contribution < -0.4 is 5.32 Å². The molecule has 0 aromatic heterocycles. The molecule has 1 atom stereocenters. The molecular weight excluding hydrogens is 262 g/mol. The highest BCUT2D eigenvalue weighted by atomic mass is 16.3. The lowest BCUT2D eigenvalue weighted by molar-refractivity contribution is 0.0251. The molecule has 0 aliphatic rings. The van der Waals surface area contributed by atoms with Gasteiger partial charge in [0.1, 0.15) is 0 Å². The zero-order valence-corrected chi connectivity index (χ0v) is 12.5. The van der Waals surface area contributed by atoms with Crippen LogP contribution in [0.5, 0.6) is 0 Å². The summed E-state index contributed by atoms with van der Waals surface area (Å²) in [6, 6.07) is 20.2. The molecular formula is C18H23NO2. The molecule has 112 valence electrons. The van der Waals surface area contributed by atoms with Crippen LogP contribution >= 0.6 is 0 Å². The van der Waals surface area contributed by atoms with Crippen molar-refractivity contribution in [1.29, 1.82) is 0 Å². The number of hydrogen-bond acceptors (Lipinski definition) is 3. The standard InChI is InChI=1S/C18H23NO2/c1-18(2,16(21)13-20)19-17(14-9-5-3-6-10-14)15-11-7-4-8-12-15/h3-12,16-17,19-21H,13H2,1-2H3. The van der Waals surface area contributed by atoms with Crippen molar-refractivity contribution in [2.45, 2.75) is 31.5 Å². The highest BCUT2D eigenvalue weighted by Gasteiger charge is 2.30. The molecule has 0 radical (unpaired) electrons. The van der Waals surface area contributed by atoms with Crippen LogP contribution in [0.25, 0.3) is 0 Å². The summed E-state index contributed by atoms with van der Waals surface area (Å²) in [7, 11) is 0. The molecule has 2 aromatic rings. The van der Waals surface area contributed by atoms with E-state index >= 15 is 0 Å². The van der Waals surface area contributed by atoms with Gasteiger partial charge in [-0.3, -0.25) is 5.32 Å². The van der Waals surface area contributed by atoms with Gasteiger partial charge in [0.15, 0.2) is 0 Å². The smallest absolute Gasteiger partial charge is 0.0946 e. The quantitative estimate of drug-likeness (QED) is 0.764. The van der Waals surface area contributed by atoms with Crippen molar-refractivity contribution in [3.8, 4) is 0 Å². The number of benzene rings is 2. The Morgan fingerprint density at radius 2 is 1.33 bits per heavy atom. The second-order valence-corrected chi connectivity index (χ2v) is 5.82. The summed E-state index contributed by atoms with van der Waals surface area (Å²) in [6.45, 7) is 3.52. The fourth-order valence-corrected chi connectivity index (χ4v) is 2.35. The lowest BCUT2D eigenvalue weighted by Gasteiger charge is -2.35. The Morgan fingerprint density at radius 1 is 0.905 bits per heavy atom. The van der Waals surface area contributed by atoms with Crippen molar-refractivity contribution in [2.75, 3.05) is 6.61 Å². The SMILES string of the molecule is CC(C)(NC(c1ccccc1)c1ccccc1)C(O)CO. The molecule has 0 bridgehead atoms. The predicted octanol–water partition coefficient (Wildman–Crippen LogP) is 2.50. The molecule has 21 heavy (non-hydrogen) atoms. The van der Waals surface area contributed by atoms with Gasteiger partial charge in [0, 0.05) is 5.54 Å². The monoisotopic (exact) mass is 285 g/mol. The third-order valence-electron chi connectivity index (χ3n) is 3.79. The average molecular weight is 285 g/mol. The first-order valence-corrected chi connectivity index (χ1v) is 7.21. The molecule has 2 aromatic carbocycles. The van der Waals surface area contributed by atoms with E-state index in [-0.39, 0.29) is 12.6 Å². The van der Waals surface area contributed by atoms with Gasteiger partial charge in [-0.05, 0) is 25.0 Å². The first-order chi connectivity index (χ1) is 10.0. The largest absolute Gasteiger partial charge is 0.394 e. The summed E-state index contributed by atoms with van der Waals surface area (Å²) in [5.74, 6) is 0. The maximum atomic E-state index is 10.0. The van der Waals surface area contributed by atoms with E-state index < -0.39 is 11.6 Å². The molecule has 3 heteroatoms. The van der Waals surface area contributed by atoms with Crippen molar-refractivity contribution in [2.24, 2.45) is 0 Å². The lowest BCUT2D eigenvalue weighted by Crippen LogP contribution is -2.52. The van der Waals surface area contributed by atoms with Crippen LogP contribution in [-0.2, 0) is 0 Å². The van der Waals surface area contributed by atoms with Crippen LogP contribution in [0.3, 0.4) is 0 Å². The normalized spacial score (nSPS) is 13.4. The van der Waals surface area contributed by atoms with E-state index in [1.807, 2.05) is 50.2 Å². The van der Waals surface area contributed by atoms with Gasteiger partial charge >= 0.3 is 0 Å². The van der Waals surface area contributed by atoms with Crippen molar-refractivity contribution in [1.82, 2.24) is 5.32 Å². The molecule has 2 rings (SSSR count). The second-order valence-electron chi connectivity index (χ2n) is 5.82. The first-order valence-electron chi connectivity index (χ1n) is 7.21. The molecule has 0 heterocycles. The van der Waals surface area contributed by atoms with E-state index in [1.165, 1.54) is 0 Å². The van der Waals surface area contributed by atoms with Gasteiger partial charge in [-0.25, -0.2) is 0 Å². The highest BCUT2D eigenvalue weighted by molar-refractivity contribution is 5.32. The minimum Gasteiger partial charge on any atom is -0.394 e. The minimum atomic E-state index is -0.826. The van der Waals surface area contributed by atoms with E-state index in [0.29, 0.717) is 0 Å². The van der Waals surface area contributed by atoms with Crippen LogP contribution in [-0.4, -0.2) is 28.5 Å². The van der Waals surface area contributed by atoms with Gasteiger partial charge in [0.25, 0.3) is 0 Å². The van der Waals surface area contributed by atoms with Gasteiger partial charge < -0.3 is 10.2 Å². The van der Waals surface area contributed by atoms with Crippen LogP contribution in [0, 0.1) is 0 Å². The summed E-state index contributed by atoms with van der Waals surface area (Å²) in [5.41, 5.74) is 1.65. The summed E-state index contributed by atoms with van der Waals surface area (Å²) >= 11 is 0. The molecule has 0 spiro atoms. The zero-order valence-electron chi connectivity index (χ0n) is 12.5. The molecule has 0 aliphatic carbocycles. The number of nitrogens with one attached hydrogen (secondary N) is 1. The van der Waals surface area contributed by atoms with E-state index in [9.17, 15) is 10.2 Å². The molecule has 0 amide bonds. The maximum Gasteiger partial charge on any atom is 0.0946 e. The molecule has 3 nitrogen and oxygen atoms in total. The Kier molecular flexibility index (Phi) is 5.12. The Labute approximate surface area is 126 Å². The third-order valence-corrected chi connectivity index (χ3v) is 3.79. The third kappa shape index (κ3) is 3.91. The molecule has 0 saturated carbocycles. The lowest BCUT2D eigenvalue weighted by atomic mass is 9.91. The molecule has 0 fully saturated rings. The molecule has 1 unspecified atom stereocenters. The summed E-state index contributed by atoms with van der Waals surface area (Å²) in [6.07, 6.45) is -0.826. The zero-order chi connectivity index (χ0) is 15.3. The summed E-state index contributed by atoms with van der Waals surface area (Å²) < 4.78 is 0. The Balaban J connectivity index is 2.34. The highest BCUT2D eigenvalue weighted by Crippen LogP contribution is 2.25. The van der Waals surface area contributed by atoms with E-state index in [0.717, 1.165) is 11.1 Å². The molecule has 0 aliphatic heterocycles. The second kappa shape index (κ2) is 6.85. The van der Waals surface area contributed by atoms with E-state index in [1.54, 1.807) is 0 Å². The number of hydrogen-bond donors (Lipinski definition) is 3. The minimum absolute atomic E-state index is 0.0383. The van der Waals surface area contributed by atoms with Gasteiger partial charge in [-0.15, -0.1) is 0 Å². The Bertz CT molecular complexity index is 500. The summed E-state index contributed by atoms with van der Waals surface area (Å²) in [5, 5.41) is 22.7. The van der Waals surface area contributed by atoms with Gasteiger partial charge in [0.2, 0.25) is 0 Å². The van der Waals surface area contributed by atoms with Crippen LogP contribution in [0.1, 0.15) is 31.0 Å². The Hall–Kier alpha value is -1.68. The summed E-state index contributed by atoms with van der Waals surface area (Å²) in [4.78, 5) is 0. The molecule has 3 N–H and O–H groups in total. The van der Waals surface area contributed by atoms with Gasteiger partial charge in [0.05, 0.1) is 18.8 Å². The van der Waals surface area contributed by atoms with Crippen LogP contribution in [0.4, 0.5) is 0 Å². The average Bonchev–Trinajstić information content (AvgIpc) is 2.53. The predicted molar refractivity (Wildman–Crippen MR) is 85.0 cm³/mol. The van der Waals surface area contributed by atoms with Crippen molar-refractivity contribution in [3.05, 3.63) is 71.8 Å². The number of aliphatic hydroxyl groups is 2. The fourth-order valence-electron chi connectivity index (χ4n) is 2.35. The molecule has 0 saturated heterocycles. The van der Waals surface area contributed by atoms with Gasteiger partial charge in [-0.1, -0.05) is 60.7 Å². The maximum absolute atomic E-state index is 10.0. The number of rotatable bonds is 6.